The molecule has 0 radical (unpaired) electrons. The molecule has 3 N–H and O–H groups in total. The second kappa shape index (κ2) is 6.85. The van der Waals surface area contributed by atoms with Gasteiger partial charge in [-0.2, -0.15) is 0 Å². The molecule has 3 heterocycles. The predicted octanol–water partition coefficient (Wildman–Crippen LogP) is 1.50. The minimum atomic E-state index is -0.310. The van der Waals surface area contributed by atoms with Crippen LogP contribution in [-0.2, 0) is 4.79 Å². The van der Waals surface area contributed by atoms with Gasteiger partial charge in [0.1, 0.15) is 0 Å². The fraction of sp³-hybridized carbons (Fsp3) is 0.375. The van der Waals surface area contributed by atoms with Crippen molar-refractivity contribution >= 4 is 35.0 Å². The monoisotopic (exact) mass is 358 g/mol. The van der Waals surface area contributed by atoms with Gasteiger partial charge in [0.05, 0.1) is 23.7 Å². The zero-order chi connectivity index (χ0) is 17.2. The van der Waals surface area contributed by atoms with Gasteiger partial charge >= 0.3 is 0 Å². The van der Waals surface area contributed by atoms with Crippen molar-refractivity contribution in [1.82, 2.24) is 20.3 Å². The van der Waals surface area contributed by atoms with E-state index in [-0.39, 0.29) is 23.6 Å². The van der Waals surface area contributed by atoms with Gasteiger partial charge in [0.2, 0.25) is 5.91 Å². The summed E-state index contributed by atoms with van der Waals surface area (Å²) in [5, 5.41) is 17.0. The highest BCUT2D eigenvalue weighted by atomic mass is 32.2. The van der Waals surface area contributed by atoms with E-state index in [4.69, 9.17) is 0 Å². The Morgan fingerprint density at radius 1 is 1.32 bits per heavy atom. The first-order chi connectivity index (χ1) is 12.2. The third-order valence-electron chi connectivity index (χ3n) is 4.30. The molecule has 1 saturated heterocycles. The first-order valence-electron chi connectivity index (χ1n) is 8.19. The number of carbonyl (C=O) groups is 2. The number of anilines is 2. The summed E-state index contributed by atoms with van der Waals surface area (Å²) in [5.74, 6) is 0.0687. The number of thioether (sulfide) groups is 1. The highest BCUT2D eigenvalue weighted by Crippen LogP contribution is 2.33. The van der Waals surface area contributed by atoms with Gasteiger partial charge in [0.15, 0.2) is 5.69 Å². The van der Waals surface area contributed by atoms with Gasteiger partial charge in [0.25, 0.3) is 5.91 Å². The van der Waals surface area contributed by atoms with Crippen LogP contribution >= 0.6 is 11.8 Å². The summed E-state index contributed by atoms with van der Waals surface area (Å²) in [6.07, 6.45) is 3.65. The number of benzene rings is 1. The maximum absolute atomic E-state index is 12.4. The minimum absolute atomic E-state index is 0.0362. The van der Waals surface area contributed by atoms with Gasteiger partial charge in [-0.25, -0.2) is 4.68 Å². The van der Waals surface area contributed by atoms with Crippen molar-refractivity contribution in [3.63, 3.8) is 0 Å². The van der Waals surface area contributed by atoms with Crippen LogP contribution < -0.4 is 16.0 Å². The smallest absolute Gasteiger partial charge is 0.277 e. The lowest BCUT2D eigenvalue weighted by Gasteiger charge is -2.22. The van der Waals surface area contributed by atoms with Gasteiger partial charge in [-0.3, -0.25) is 9.59 Å². The number of nitrogens with zero attached hydrogens (tertiary/aromatic N) is 3. The van der Waals surface area contributed by atoms with E-state index in [1.165, 1.54) is 11.8 Å². The van der Waals surface area contributed by atoms with Gasteiger partial charge < -0.3 is 16.0 Å². The zero-order valence-corrected chi connectivity index (χ0v) is 14.3. The first kappa shape index (κ1) is 16.1. The maximum Gasteiger partial charge on any atom is 0.277 e. The van der Waals surface area contributed by atoms with E-state index >= 15 is 0 Å². The van der Waals surface area contributed by atoms with Crippen LogP contribution in [0, 0.1) is 0 Å². The molecule has 2 amide bonds. The Bertz CT molecular complexity index is 815. The van der Waals surface area contributed by atoms with Gasteiger partial charge in [-0.05, 0) is 44.1 Å². The second-order valence-electron chi connectivity index (χ2n) is 6.07. The fourth-order valence-corrected chi connectivity index (χ4v) is 3.77. The van der Waals surface area contributed by atoms with Crippen molar-refractivity contribution in [2.45, 2.75) is 23.8 Å². The molecular formula is C16H18N6O2S. The lowest BCUT2D eigenvalue weighted by atomic mass is 10.1. The van der Waals surface area contributed by atoms with Crippen LogP contribution in [0.1, 0.15) is 29.4 Å². The van der Waals surface area contributed by atoms with E-state index in [1.54, 1.807) is 16.9 Å². The van der Waals surface area contributed by atoms with Gasteiger partial charge in [-0.1, -0.05) is 5.21 Å². The number of hydrogen-bond donors (Lipinski definition) is 3. The maximum atomic E-state index is 12.4. The van der Waals surface area contributed by atoms with Crippen molar-refractivity contribution in [3.05, 3.63) is 30.1 Å². The van der Waals surface area contributed by atoms with E-state index < -0.39 is 0 Å². The molecule has 1 aromatic heterocycles. The second-order valence-corrected chi connectivity index (χ2v) is 7.08. The molecule has 2 aliphatic rings. The summed E-state index contributed by atoms with van der Waals surface area (Å²) in [4.78, 5) is 24.9. The van der Waals surface area contributed by atoms with E-state index in [1.807, 2.05) is 12.1 Å². The van der Waals surface area contributed by atoms with Crippen LogP contribution in [0.15, 0.2) is 29.3 Å². The van der Waals surface area contributed by atoms with Crippen LogP contribution in [0.25, 0.3) is 0 Å². The fourth-order valence-electron chi connectivity index (χ4n) is 2.99. The molecule has 0 spiro atoms. The average molecular weight is 358 g/mol. The topological polar surface area (TPSA) is 101 Å². The summed E-state index contributed by atoms with van der Waals surface area (Å²) in [6.45, 7) is 1.90. The van der Waals surface area contributed by atoms with Crippen LogP contribution in [0.3, 0.4) is 0 Å². The highest BCUT2D eigenvalue weighted by Gasteiger charge is 2.20. The lowest BCUT2D eigenvalue weighted by Crippen LogP contribution is -2.29. The predicted molar refractivity (Wildman–Crippen MR) is 94.9 cm³/mol. The molecule has 9 heteroatoms. The van der Waals surface area contributed by atoms with Crippen LogP contribution in [0.2, 0.25) is 0 Å². The van der Waals surface area contributed by atoms with Crippen molar-refractivity contribution < 1.29 is 9.59 Å². The molecule has 0 saturated carbocycles. The van der Waals surface area contributed by atoms with Crippen molar-refractivity contribution in [3.8, 4) is 0 Å². The van der Waals surface area contributed by atoms with Crippen molar-refractivity contribution in [1.29, 1.82) is 0 Å². The molecule has 2 aliphatic heterocycles. The summed E-state index contributed by atoms with van der Waals surface area (Å²) in [7, 11) is 0. The van der Waals surface area contributed by atoms with Gasteiger partial charge in [0, 0.05) is 10.6 Å². The summed E-state index contributed by atoms with van der Waals surface area (Å²) < 4.78 is 1.78. The molecule has 25 heavy (non-hydrogen) atoms. The third-order valence-corrected chi connectivity index (χ3v) is 5.37. The molecule has 0 bridgehead atoms. The van der Waals surface area contributed by atoms with Crippen molar-refractivity contribution in [2.24, 2.45) is 0 Å². The molecule has 8 nitrogen and oxygen atoms in total. The quantitative estimate of drug-likeness (QED) is 0.769. The van der Waals surface area contributed by atoms with E-state index in [2.05, 4.69) is 26.3 Å². The minimum Gasteiger partial charge on any atom is -0.324 e. The van der Waals surface area contributed by atoms with Crippen LogP contribution in [0.4, 0.5) is 11.4 Å². The van der Waals surface area contributed by atoms with E-state index in [0.29, 0.717) is 11.4 Å². The SMILES string of the molecule is O=C1CSc2ccc(NC(=O)c3cn(C4CCNCC4)nn3)cc2N1. The number of rotatable bonds is 3. The summed E-state index contributed by atoms with van der Waals surface area (Å²) in [5.41, 5.74) is 1.62. The molecular weight excluding hydrogens is 340 g/mol. The normalized spacial score (nSPS) is 17.7. The Labute approximate surface area is 148 Å². The molecule has 0 aliphatic carbocycles. The number of aromatic nitrogens is 3. The highest BCUT2D eigenvalue weighted by molar-refractivity contribution is 8.00. The summed E-state index contributed by atoms with van der Waals surface area (Å²) in [6, 6.07) is 5.75. The summed E-state index contributed by atoms with van der Waals surface area (Å²) >= 11 is 1.48. The van der Waals surface area contributed by atoms with E-state index in [9.17, 15) is 9.59 Å². The molecule has 2 aromatic rings. The van der Waals surface area contributed by atoms with Crippen molar-refractivity contribution in [2.75, 3.05) is 29.5 Å². The number of hydrogen-bond acceptors (Lipinski definition) is 6. The Morgan fingerprint density at radius 2 is 2.16 bits per heavy atom. The standard InChI is InChI=1S/C16H18N6O2S/c23-15-9-25-14-2-1-10(7-12(14)19-15)18-16(24)13-8-22(21-20-13)11-3-5-17-6-4-11/h1-2,7-8,11,17H,3-6,9H2,(H,18,24)(H,19,23). The Hall–Kier alpha value is -2.39. The molecule has 0 unspecified atom stereocenters. The Kier molecular flexibility index (Phi) is 4.41. The van der Waals surface area contributed by atoms with E-state index in [0.717, 1.165) is 36.5 Å². The Balaban J connectivity index is 1.46. The molecule has 1 aromatic carbocycles. The molecule has 130 valence electrons. The Morgan fingerprint density at radius 3 is 3.00 bits per heavy atom. The molecule has 4 rings (SSSR count). The van der Waals surface area contributed by atoms with Crippen LogP contribution in [-0.4, -0.2) is 45.7 Å². The van der Waals surface area contributed by atoms with Gasteiger partial charge in [-0.15, -0.1) is 16.9 Å². The molecule has 0 atom stereocenters. The van der Waals surface area contributed by atoms with Crippen LogP contribution in [0.5, 0.6) is 0 Å². The first-order valence-corrected chi connectivity index (χ1v) is 9.18. The number of fused-ring (bicyclic) bond motifs is 1. The number of carbonyl (C=O) groups excluding carboxylic acids is 2. The number of amides is 2. The molecule has 1 fully saturated rings. The average Bonchev–Trinajstić information content (AvgIpc) is 3.12. The zero-order valence-electron chi connectivity index (χ0n) is 13.5. The number of piperidine rings is 1. The third kappa shape index (κ3) is 3.52. The largest absolute Gasteiger partial charge is 0.324 e. The lowest BCUT2D eigenvalue weighted by molar-refractivity contribution is -0.113. The number of nitrogens with one attached hydrogen (secondary N) is 3.